The van der Waals surface area contributed by atoms with Crippen molar-refractivity contribution >= 4 is 11.9 Å². The number of fused-ring (bicyclic) bond motifs is 2. The Kier molecular flexibility index (Phi) is 4.33. The Balaban J connectivity index is 0.000000161. The zero-order valence-corrected chi connectivity index (χ0v) is 16.4. The normalized spacial score (nSPS) is 17.8. The largest absolute Gasteiger partial charge is 0.448 e. The first kappa shape index (κ1) is 19.6. The number of cyclic esters (lactones) is 2. The molecule has 0 saturated heterocycles. The van der Waals surface area contributed by atoms with E-state index in [1.54, 1.807) is 41.5 Å². The molecule has 2 aromatic heterocycles. The molecule has 8 nitrogen and oxygen atoms in total. The summed E-state index contributed by atoms with van der Waals surface area (Å²) >= 11 is 0. The van der Waals surface area contributed by atoms with Gasteiger partial charge in [-0.05, 0) is 53.7 Å². The lowest BCUT2D eigenvalue weighted by molar-refractivity contribution is 0.00119. The average molecular weight is 388 g/mol. The molecule has 0 amide bonds. The van der Waals surface area contributed by atoms with Crippen molar-refractivity contribution < 1.29 is 27.9 Å². The highest BCUT2D eigenvalue weighted by molar-refractivity contribution is 5.94. The van der Waals surface area contributed by atoms with E-state index in [0.717, 1.165) is 0 Å². The molecule has 8 heteroatoms. The number of esters is 2. The van der Waals surface area contributed by atoms with Crippen molar-refractivity contribution in [3.63, 3.8) is 0 Å². The Bertz CT molecular complexity index is 1020. The van der Waals surface area contributed by atoms with E-state index >= 15 is 0 Å². The van der Waals surface area contributed by atoms with E-state index in [1.165, 1.54) is 12.1 Å². The summed E-state index contributed by atoms with van der Waals surface area (Å²) < 4.78 is 20.2. The van der Waals surface area contributed by atoms with E-state index in [1.807, 2.05) is 0 Å². The molecule has 2 aliphatic rings. The SMILES string of the molecule is Cc1cc2c(oc1=O)C(C)(C)OC2=O.Cc1cc2c(oc1=O)C(C)(C)OC2=O. The van der Waals surface area contributed by atoms with Gasteiger partial charge >= 0.3 is 23.2 Å². The van der Waals surface area contributed by atoms with Gasteiger partial charge < -0.3 is 18.3 Å². The van der Waals surface area contributed by atoms with Gasteiger partial charge in [-0.2, -0.15) is 0 Å². The van der Waals surface area contributed by atoms with E-state index in [9.17, 15) is 19.2 Å². The molecule has 148 valence electrons. The lowest BCUT2D eigenvalue weighted by Gasteiger charge is -2.14. The van der Waals surface area contributed by atoms with Gasteiger partial charge in [-0.25, -0.2) is 19.2 Å². The average Bonchev–Trinajstić information content (AvgIpc) is 2.92. The molecular formula is C20H20O8. The molecular weight excluding hydrogens is 368 g/mol. The molecule has 0 fully saturated rings. The van der Waals surface area contributed by atoms with Crippen LogP contribution in [0.2, 0.25) is 0 Å². The third-order valence-corrected chi connectivity index (χ3v) is 4.47. The minimum absolute atomic E-state index is 0.318. The Morgan fingerprint density at radius 1 is 0.643 bits per heavy atom. The van der Waals surface area contributed by atoms with Crippen LogP contribution in [-0.2, 0) is 20.7 Å². The van der Waals surface area contributed by atoms with E-state index in [2.05, 4.69) is 0 Å². The second-order valence-corrected chi connectivity index (χ2v) is 7.72. The highest BCUT2D eigenvalue weighted by Crippen LogP contribution is 2.35. The van der Waals surface area contributed by atoms with Crippen molar-refractivity contribution in [2.24, 2.45) is 0 Å². The number of carbonyl (C=O) groups excluding carboxylic acids is 2. The minimum Gasteiger partial charge on any atom is -0.448 e. The molecule has 0 saturated carbocycles. The van der Waals surface area contributed by atoms with Crippen molar-refractivity contribution in [1.82, 2.24) is 0 Å². The Morgan fingerprint density at radius 2 is 0.964 bits per heavy atom. The van der Waals surface area contributed by atoms with E-state index in [0.29, 0.717) is 33.8 Å². The molecule has 0 aliphatic carbocycles. The minimum atomic E-state index is -0.834. The quantitative estimate of drug-likeness (QED) is 0.633. The Hall–Kier alpha value is -3.16. The molecule has 28 heavy (non-hydrogen) atoms. The monoisotopic (exact) mass is 388 g/mol. The summed E-state index contributed by atoms with van der Waals surface area (Å²) in [6.45, 7) is 9.96. The van der Waals surface area contributed by atoms with Gasteiger partial charge in [0.05, 0.1) is 0 Å². The molecule has 0 unspecified atom stereocenters. The number of hydrogen-bond acceptors (Lipinski definition) is 8. The third kappa shape index (κ3) is 3.15. The topological polar surface area (TPSA) is 113 Å². The van der Waals surface area contributed by atoms with E-state index in [4.69, 9.17) is 18.3 Å². The van der Waals surface area contributed by atoms with E-state index < -0.39 is 34.4 Å². The van der Waals surface area contributed by atoms with Crippen LogP contribution in [0.1, 0.15) is 71.1 Å². The lowest BCUT2D eigenvalue weighted by Crippen LogP contribution is -2.18. The first-order valence-electron chi connectivity index (χ1n) is 8.60. The second kappa shape index (κ2) is 6.19. The zero-order valence-electron chi connectivity index (χ0n) is 16.4. The van der Waals surface area contributed by atoms with Crippen LogP contribution in [-0.4, -0.2) is 11.9 Å². The maximum Gasteiger partial charge on any atom is 0.342 e. The van der Waals surface area contributed by atoms with Crippen molar-refractivity contribution in [2.45, 2.75) is 52.7 Å². The summed E-state index contributed by atoms with van der Waals surface area (Å²) in [5.41, 5.74) is -0.972. The summed E-state index contributed by atoms with van der Waals surface area (Å²) in [6.07, 6.45) is 0. The van der Waals surface area contributed by atoms with Gasteiger partial charge in [-0.15, -0.1) is 0 Å². The summed E-state index contributed by atoms with van der Waals surface area (Å²) in [7, 11) is 0. The van der Waals surface area contributed by atoms with Crippen LogP contribution >= 0.6 is 0 Å². The third-order valence-electron chi connectivity index (χ3n) is 4.47. The molecule has 2 aromatic rings. The van der Waals surface area contributed by atoms with Crippen LogP contribution < -0.4 is 11.3 Å². The van der Waals surface area contributed by atoms with Crippen molar-refractivity contribution in [3.8, 4) is 0 Å². The number of hydrogen-bond donors (Lipinski definition) is 0. The summed E-state index contributed by atoms with van der Waals surface area (Å²) in [5, 5.41) is 0. The van der Waals surface area contributed by atoms with Crippen LogP contribution in [0.25, 0.3) is 0 Å². The fourth-order valence-corrected chi connectivity index (χ4v) is 3.00. The van der Waals surface area contributed by atoms with E-state index in [-0.39, 0.29) is 0 Å². The van der Waals surface area contributed by atoms with Crippen molar-refractivity contribution in [2.75, 3.05) is 0 Å². The van der Waals surface area contributed by atoms with Gasteiger partial charge in [0.1, 0.15) is 11.1 Å². The lowest BCUT2D eigenvalue weighted by atomic mass is 10.0. The fourth-order valence-electron chi connectivity index (χ4n) is 3.00. The fraction of sp³-hybridized carbons (Fsp3) is 0.400. The number of ether oxygens (including phenoxy) is 2. The van der Waals surface area contributed by atoms with Crippen LogP contribution in [0.15, 0.2) is 30.6 Å². The van der Waals surface area contributed by atoms with Crippen LogP contribution in [0.5, 0.6) is 0 Å². The van der Waals surface area contributed by atoms with Crippen LogP contribution in [0.4, 0.5) is 0 Å². The van der Waals surface area contributed by atoms with Gasteiger partial charge in [0.25, 0.3) is 0 Å². The maximum absolute atomic E-state index is 11.4. The number of rotatable bonds is 0. The predicted octanol–water partition coefficient (Wildman–Crippen LogP) is 2.71. The maximum atomic E-state index is 11.4. The first-order valence-corrected chi connectivity index (χ1v) is 8.60. The van der Waals surface area contributed by atoms with Crippen molar-refractivity contribution in [1.29, 1.82) is 0 Å². The molecule has 0 aromatic carbocycles. The van der Waals surface area contributed by atoms with Gasteiger partial charge in [0, 0.05) is 11.1 Å². The molecule has 0 N–H and O–H groups in total. The van der Waals surface area contributed by atoms with Crippen LogP contribution in [0.3, 0.4) is 0 Å². The smallest absolute Gasteiger partial charge is 0.342 e. The molecule has 4 heterocycles. The van der Waals surface area contributed by atoms with Gasteiger partial charge in [0.2, 0.25) is 0 Å². The predicted molar refractivity (Wildman–Crippen MR) is 96.3 cm³/mol. The van der Waals surface area contributed by atoms with Crippen LogP contribution in [0, 0.1) is 13.8 Å². The molecule has 2 aliphatic heterocycles. The Labute approximate surface area is 160 Å². The molecule has 0 bridgehead atoms. The van der Waals surface area contributed by atoms with Gasteiger partial charge in [-0.3, -0.25) is 0 Å². The number of carbonyl (C=O) groups is 2. The molecule has 0 atom stereocenters. The standard InChI is InChI=1S/2C10H10O4/c2*1-5-4-6-7(13-8(5)11)10(2,3)14-9(6)12/h2*4H,1-3H3. The summed E-state index contributed by atoms with van der Waals surface area (Å²) in [5.74, 6) is -0.232. The highest BCUT2D eigenvalue weighted by Gasteiger charge is 2.42. The second-order valence-electron chi connectivity index (χ2n) is 7.72. The summed E-state index contributed by atoms with van der Waals surface area (Å²) in [4.78, 5) is 45.2. The number of aryl methyl sites for hydroxylation is 2. The highest BCUT2D eigenvalue weighted by atomic mass is 16.6. The summed E-state index contributed by atoms with van der Waals surface area (Å²) in [6, 6.07) is 3.02. The molecule has 4 rings (SSSR count). The van der Waals surface area contributed by atoms with Gasteiger partial charge in [0.15, 0.2) is 22.7 Å². The molecule has 0 spiro atoms. The Morgan fingerprint density at radius 3 is 1.29 bits per heavy atom. The first-order chi connectivity index (χ1) is 12.8. The van der Waals surface area contributed by atoms with Crippen molar-refractivity contribution in [3.05, 3.63) is 66.7 Å². The van der Waals surface area contributed by atoms with Gasteiger partial charge in [-0.1, -0.05) is 0 Å². The molecule has 0 radical (unpaired) electrons. The zero-order chi connectivity index (χ0) is 21.0.